The van der Waals surface area contributed by atoms with Gasteiger partial charge in [0.2, 0.25) is 0 Å². The summed E-state index contributed by atoms with van der Waals surface area (Å²) in [4.78, 5) is 4.96. The second kappa shape index (κ2) is 3.86. The van der Waals surface area contributed by atoms with Crippen molar-refractivity contribution in [3.63, 3.8) is 0 Å². The topological polar surface area (TPSA) is 39.2 Å². The van der Waals surface area contributed by atoms with Crippen molar-refractivity contribution >= 4 is 26.7 Å². The number of ether oxygens (including phenoxy) is 1. The van der Waals surface area contributed by atoms with E-state index in [9.17, 15) is 4.21 Å². The van der Waals surface area contributed by atoms with Crippen molar-refractivity contribution in [3.05, 3.63) is 22.4 Å². The van der Waals surface area contributed by atoms with Gasteiger partial charge in [-0.05, 0) is 22.0 Å². The van der Waals surface area contributed by atoms with Crippen molar-refractivity contribution < 1.29 is 8.95 Å². The Morgan fingerprint density at radius 3 is 3.31 bits per heavy atom. The average molecular weight is 262 g/mol. The summed E-state index contributed by atoms with van der Waals surface area (Å²) in [6, 6.07) is 1.85. The van der Waals surface area contributed by atoms with Crippen LogP contribution in [0.3, 0.4) is 0 Å². The van der Waals surface area contributed by atoms with Crippen LogP contribution in [0.1, 0.15) is 5.69 Å². The van der Waals surface area contributed by atoms with Gasteiger partial charge < -0.3 is 4.74 Å². The highest BCUT2D eigenvalue weighted by Crippen LogP contribution is 2.20. The highest BCUT2D eigenvalue weighted by atomic mass is 79.9. The Hall–Kier alpha value is -0.260. The molecule has 0 saturated carbocycles. The number of aromatic nitrogens is 1. The first-order valence-electron chi connectivity index (χ1n) is 3.88. The molecule has 1 aliphatic rings. The zero-order valence-electron chi connectivity index (χ0n) is 6.83. The van der Waals surface area contributed by atoms with Gasteiger partial charge in [0.25, 0.3) is 0 Å². The van der Waals surface area contributed by atoms with Gasteiger partial charge in [-0.3, -0.25) is 9.19 Å². The van der Waals surface area contributed by atoms with Crippen LogP contribution in [0.2, 0.25) is 0 Å². The lowest BCUT2D eigenvalue weighted by Crippen LogP contribution is -2.01. The maximum atomic E-state index is 11.6. The first-order valence-corrected chi connectivity index (χ1v) is 5.99. The number of hydrogen-bond donors (Lipinski definition) is 0. The molecule has 0 aliphatic carbocycles. The summed E-state index contributed by atoms with van der Waals surface area (Å²) in [7, 11) is -0.960. The Bertz CT molecular complexity index is 356. The highest BCUT2D eigenvalue weighted by molar-refractivity contribution is 9.10. The molecule has 70 valence electrons. The van der Waals surface area contributed by atoms with E-state index in [2.05, 4.69) is 20.9 Å². The summed E-state index contributed by atoms with van der Waals surface area (Å²) in [6.45, 7) is 1.01. The van der Waals surface area contributed by atoms with Crippen LogP contribution >= 0.6 is 15.9 Å². The third kappa shape index (κ3) is 1.98. The predicted molar refractivity (Wildman–Crippen MR) is 52.9 cm³/mol. The van der Waals surface area contributed by atoms with Gasteiger partial charge in [-0.25, -0.2) is 0 Å². The molecule has 0 amide bonds. The van der Waals surface area contributed by atoms with Crippen molar-refractivity contribution in [2.45, 2.75) is 11.5 Å². The number of nitrogens with zero attached hydrogens (tertiary/aromatic N) is 1. The summed E-state index contributed by atoms with van der Waals surface area (Å²) in [5.74, 6) is 0.561. The van der Waals surface area contributed by atoms with Crippen LogP contribution in [0.15, 0.2) is 21.6 Å². The van der Waals surface area contributed by atoms with Crippen molar-refractivity contribution in [2.75, 3.05) is 12.4 Å². The first kappa shape index (κ1) is 9.30. The Morgan fingerprint density at radius 1 is 1.62 bits per heavy atom. The van der Waals surface area contributed by atoms with E-state index in [1.807, 2.05) is 6.07 Å². The van der Waals surface area contributed by atoms with Gasteiger partial charge in [-0.15, -0.1) is 0 Å². The van der Waals surface area contributed by atoms with Crippen LogP contribution in [-0.2, 0) is 22.1 Å². The first-order chi connectivity index (χ1) is 6.27. The fraction of sp³-hybridized carbons (Fsp3) is 0.375. The Morgan fingerprint density at radius 2 is 2.46 bits per heavy atom. The molecular formula is C8H8BrNO2S. The van der Waals surface area contributed by atoms with Gasteiger partial charge >= 0.3 is 0 Å². The summed E-state index contributed by atoms with van der Waals surface area (Å²) < 4.78 is 17.8. The van der Waals surface area contributed by atoms with E-state index >= 15 is 0 Å². The molecule has 0 spiro atoms. The summed E-state index contributed by atoms with van der Waals surface area (Å²) in [5.41, 5.74) is 0.791. The molecule has 1 atom stereocenters. The number of hydrogen-bond acceptors (Lipinski definition) is 3. The molecular weight excluding hydrogens is 254 g/mol. The van der Waals surface area contributed by atoms with Gasteiger partial charge in [-0.1, -0.05) is 0 Å². The SMILES string of the molecule is O=S1CCOCc2ncc(Br)cc21. The third-order valence-corrected chi connectivity index (χ3v) is 3.61. The molecule has 0 bridgehead atoms. The lowest BCUT2D eigenvalue weighted by molar-refractivity contribution is 0.134. The molecule has 0 N–H and O–H groups in total. The molecule has 1 aromatic heterocycles. The number of pyridine rings is 1. The number of halogens is 1. The van der Waals surface area contributed by atoms with E-state index in [-0.39, 0.29) is 0 Å². The van der Waals surface area contributed by atoms with Gasteiger partial charge in [0, 0.05) is 10.7 Å². The maximum Gasteiger partial charge on any atom is 0.0900 e. The molecule has 2 heterocycles. The van der Waals surface area contributed by atoms with E-state index in [4.69, 9.17) is 4.74 Å². The van der Waals surface area contributed by atoms with Gasteiger partial charge in [0.05, 0.1) is 40.4 Å². The monoisotopic (exact) mass is 261 g/mol. The third-order valence-electron chi connectivity index (χ3n) is 1.79. The molecule has 2 rings (SSSR count). The quantitative estimate of drug-likeness (QED) is 0.711. The van der Waals surface area contributed by atoms with Crippen molar-refractivity contribution in [3.8, 4) is 0 Å². The van der Waals surface area contributed by atoms with E-state index < -0.39 is 10.8 Å². The minimum Gasteiger partial charge on any atom is -0.374 e. The van der Waals surface area contributed by atoms with Crippen LogP contribution in [0, 0.1) is 0 Å². The standard InChI is InChI=1S/C8H8BrNO2S/c9-6-3-8-7(10-4-6)5-12-1-2-13(8)11/h3-4H,1-2,5H2. The molecule has 1 aromatic rings. The van der Waals surface area contributed by atoms with E-state index in [1.54, 1.807) is 6.20 Å². The van der Waals surface area contributed by atoms with Crippen LogP contribution < -0.4 is 0 Å². The number of fused-ring (bicyclic) bond motifs is 1. The molecule has 5 heteroatoms. The second-order valence-electron chi connectivity index (χ2n) is 2.70. The number of rotatable bonds is 0. The highest BCUT2D eigenvalue weighted by Gasteiger charge is 2.15. The summed E-state index contributed by atoms with van der Waals surface area (Å²) in [5, 5.41) is 0. The van der Waals surface area contributed by atoms with E-state index in [0.29, 0.717) is 19.0 Å². The Kier molecular flexibility index (Phi) is 2.76. The van der Waals surface area contributed by atoms with Crippen LogP contribution in [-0.4, -0.2) is 21.6 Å². The van der Waals surface area contributed by atoms with E-state index in [1.165, 1.54) is 0 Å². The molecule has 0 radical (unpaired) electrons. The summed E-state index contributed by atoms with van der Waals surface area (Å²) >= 11 is 3.31. The van der Waals surface area contributed by atoms with Crippen molar-refractivity contribution in [1.82, 2.24) is 4.98 Å². The van der Waals surface area contributed by atoms with Crippen molar-refractivity contribution in [1.29, 1.82) is 0 Å². The largest absolute Gasteiger partial charge is 0.374 e. The van der Waals surface area contributed by atoms with Crippen molar-refractivity contribution in [2.24, 2.45) is 0 Å². The molecule has 13 heavy (non-hydrogen) atoms. The second-order valence-corrected chi connectivity index (χ2v) is 5.16. The Balaban J connectivity index is 2.49. The molecule has 1 aliphatic heterocycles. The summed E-state index contributed by atoms with van der Waals surface area (Å²) in [6.07, 6.45) is 1.70. The lowest BCUT2D eigenvalue weighted by Gasteiger charge is -2.02. The maximum absolute atomic E-state index is 11.6. The minimum absolute atomic E-state index is 0.467. The molecule has 0 fully saturated rings. The van der Waals surface area contributed by atoms with Gasteiger partial charge in [0.15, 0.2) is 0 Å². The Labute approximate surface area is 87.1 Å². The van der Waals surface area contributed by atoms with Crippen LogP contribution in [0.4, 0.5) is 0 Å². The van der Waals surface area contributed by atoms with E-state index in [0.717, 1.165) is 15.1 Å². The van der Waals surface area contributed by atoms with Crippen LogP contribution in [0.25, 0.3) is 0 Å². The van der Waals surface area contributed by atoms with Gasteiger partial charge in [0.1, 0.15) is 0 Å². The zero-order valence-corrected chi connectivity index (χ0v) is 9.23. The zero-order chi connectivity index (χ0) is 9.26. The molecule has 0 aromatic carbocycles. The molecule has 1 unspecified atom stereocenters. The minimum atomic E-state index is -0.960. The normalized spacial score (nSPS) is 22.1. The smallest absolute Gasteiger partial charge is 0.0900 e. The molecule has 3 nitrogen and oxygen atoms in total. The average Bonchev–Trinajstić information content (AvgIpc) is 2.29. The predicted octanol–water partition coefficient (Wildman–Crippen LogP) is 1.48. The van der Waals surface area contributed by atoms with Crippen LogP contribution in [0.5, 0.6) is 0 Å². The fourth-order valence-electron chi connectivity index (χ4n) is 1.17. The van der Waals surface area contributed by atoms with Gasteiger partial charge in [-0.2, -0.15) is 0 Å². The fourth-order valence-corrected chi connectivity index (χ4v) is 2.77. The lowest BCUT2D eigenvalue weighted by atomic mass is 10.4. The molecule has 0 saturated heterocycles.